The molecule has 1 N–H and O–H groups in total. The van der Waals surface area contributed by atoms with Crippen LogP contribution in [0.15, 0.2) is 36.4 Å². The van der Waals surface area contributed by atoms with Gasteiger partial charge in [0.1, 0.15) is 11.8 Å². The number of amides is 3. The highest BCUT2D eigenvalue weighted by molar-refractivity contribution is 6.43. The van der Waals surface area contributed by atoms with Crippen molar-refractivity contribution < 1.29 is 19.1 Å². The number of para-hydroxylation sites is 1. The van der Waals surface area contributed by atoms with Gasteiger partial charge in [-0.05, 0) is 25.1 Å². The SMILES string of the molecule is COc1ccccc1CNC(=O)C(C)N1C(=O)c2cc(Cl)c(Cl)cc2C1=O. The number of hydrogen-bond acceptors (Lipinski definition) is 4. The van der Waals surface area contributed by atoms with Crippen LogP contribution in [0.3, 0.4) is 0 Å². The Hall–Kier alpha value is -2.57. The van der Waals surface area contributed by atoms with Crippen molar-refractivity contribution in [3.05, 3.63) is 63.1 Å². The molecule has 0 aliphatic carbocycles. The molecule has 2 aromatic rings. The Balaban J connectivity index is 1.76. The van der Waals surface area contributed by atoms with E-state index in [1.807, 2.05) is 18.2 Å². The van der Waals surface area contributed by atoms with Crippen molar-refractivity contribution in [3.8, 4) is 5.75 Å². The molecule has 0 saturated heterocycles. The third-order valence-electron chi connectivity index (χ3n) is 4.37. The van der Waals surface area contributed by atoms with Crippen LogP contribution in [0.25, 0.3) is 0 Å². The van der Waals surface area contributed by atoms with Crippen molar-refractivity contribution in [2.24, 2.45) is 0 Å². The Morgan fingerprint density at radius 1 is 1.11 bits per heavy atom. The highest BCUT2D eigenvalue weighted by Crippen LogP contribution is 2.32. The third kappa shape index (κ3) is 3.50. The average Bonchev–Trinajstić information content (AvgIpc) is 2.90. The zero-order valence-corrected chi connectivity index (χ0v) is 16.1. The van der Waals surface area contributed by atoms with Gasteiger partial charge in [-0.15, -0.1) is 0 Å². The summed E-state index contributed by atoms with van der Waals surface area (Å²) in [7, 11) is 1.54. The van der Waals surface area contributed by atoms with Crippen molar-refractivity contribution in [1.82, 2.24) is 10.2 Å². The quantitative estimate of drug-likeness (QED) is 0.772. The standard InChI is InChI=1S/C19H16Cl2N2O4/c1-10(17(24)22-9-11-5-3-4-6-16(11)27-2)23-18(25)12-7-14(20)15(21)8-13(12)19(23)26/h3-8,10H,9H2,1-2H3,(H,22,24). The normalized spacial score (nSPS) is 14.1. The van der Waals surface area contributed by atoms with Gasteiger partial charge in [-0.3, -0.25) is 19.3 Å². The number of ether oxygens (including phenoxy) is 1. The lowest BCUT2D eigenvalue weighted by Gasteiger charge is -2.22. The number of nitrogens with zero attached hydrogens (tertiary/aromatic N) is 1. The van der Waals surface area contributed by atoms with E-state index in [-0.39, 0.29) is 27.7 Å². The molecular weight excluding hydrogens is 391 g/mol. The summed E-state index contributed by atoms with van der Waals surface area (Å²) in [6, 6.07) is 8.94. The van der Waals surface area contributed by atoms with Gasteiger partial charge >= 0.3 is 0 Å². The molecule has 0 aromatic heterocycles. The summed E-state index contributed by atoms with van der Waals surface area (Å²) in [5.74, 6) is -0.981. The van der Waals surface area contributed by atoms with Crippen molar-refractivity contribution in [1.29, 1.82) is 0 Å². The largest absolute Gasteiger partial charge is 0.496 e. The van der Waals surface area contributed by atoms with E-state index in [2.05, 4.69) is 5.32 Å². The molecule has 3 amide bonds. The minimum absolute atomic E-state index is 0.138. The van der Waals surface area contributed by atoms with Crippen LogP contribution >= 0.6 is 23.2 Å². The van der Waals surface area contributed by atoms with E-state index >= 15 is 0 Å². The summed E-state index contributed by atoms with van der Waals surface area (Å²) < 4.78 is 5.24. The molecule has 1 unspecified atom stereocenters. The van der Waals surface area contributed by atoms with Crippen molar-refractivity contribution in [2.45, 2.75) is 19.5 Å². The van der Waals surface area contributed by atoms with Crippen molar-refractivity contribution in [3.63, 3.8) is 0 Å². The molecule has 3 rings (SSSR count). The predicted molar refractivity (Wildman–Crippen MR) is 101 cm³/mol. The Kier molecular flexibility index (Phi) is 5.39. The first-order valence-corrected chi connectivity index (χ1v) is 8.87. The lowest BCUT2D eigenvalue weighted by Crippen LogP contribution is -2.47. The van der Waals surface area contributed by atoms with E-state index in [4.69, 9.17) is 27.9 Å². The Morgan fingerprint density at radius 3 is 2.22 bits per heavy atom. The topological polar surface area (TPSA) is 75.7 Å². The maximum Gasteiger partial charge on any atom is 0.262 e. The average molecular weight is 407 g/mol. The lowest BCUT2D eigenvalue weighted by molar-refractivity contribution is -0.124. The van der Waals surface area contributed by atoms with Crippen LogP contribution in [0.1, 0.15) is 33.2 Å². The summed E-state index contributed by atoms with van der Waals surface area (Å²) in [5.41, 5.74) is 1.05. The van der Waals surface area contributed by atoms with Gasteiger partial charge < -0.3 is 10.1 Å². The number of carbonyl (C=O) groups is 3. The first-order chi connectivity index (χ1) is 12.8. The molecule has 1 heterocycles. The molecule has 0 bridgehead atoms. The summed E-state index contributed by atoms with van der Waals surface area (Å²) >= 11 is 11.9. The second-order valence-corrected chi connectivity index (χ2v) is 6.81. The summed E-state index contributed by atoms with van der Waals surface area (Å²) in [4.78, 5) is 38.6. The number of rotatable bonds is 5. The van der Waals surface area contributed by atoms with Crippen LogP contribution in [0.2, 0.25) is 10.0 Å². The summed E-state index contributed by atoms with van der Waals surface area (Å²) in [6.07, 6.45) is 0. The fourth-order valence-corrected chi connectivity index (χ4v) is 3.23. The van der Waals surface area contributed by atoms with Crippen LogP contribution in [-0.2, 0) is 11.3 Å². The van der Waals surface area contributed by atoms with Gasteiger partial charge in [0.15, 0.2) is 0 Å². The Bertz CT molecular complexity index is 904. The van der Waals surface area contributed by atoms with E-state index in [0.717, 1.165) is 10.5 Å². The highest BCUT2D eigenvalue weighted by atomic mass is 35.5. The molecule has 1 aliphatic rings. The van der Waals surface area contributed by atoms with Gasteiger partial charge in [-0.1, -0.05) is 41.4 Å². The maximum atomic E-state index is 12.6. The molecule has 0 fully saturated rings. The number of fused-ring (bicyclic) bond motifs is 1. The third-order valence-corrected chi connectivity index (χ3v) is 5.09. The molecular formula is C19H16Cl2N2O4. The minimum atomic E-state index is -0.996. The monoisotopic (exact) mass is 406 g/mol. The van der Waals surface area contributed by atoms with Crippen LogP contribution in [0.5, 0.6) is 5.75 Å². The van der Waals surface area contributed by atoms with E-state index in [0.29, 0.717) is 5.75 Å². The van der Waals surface area contributed by atoms with Crippen LogP contribution in [0, 0.1) is 0 Å². The van der Waals surface area contributed by atoms with Crippen LogP contribution in [0.4, 0.5) is 0 Å². The molecule has 0 spiro atoms. The van der Waals surface area contributed by atoms with E-state index in [1.54, 1.807) is 13.2 Å². The van der Waals surface area contributed by atoms with Crippen molar-refractivity contribution in [2.75, 3.05) is 7.11 Å². The zero-order valence-electron chi connectivity index (χ0n) is 14.6. The minimum Gasteiger partial charge on any atom is -0.496 e. The van der Waals surface area contributed by atoms with Gasteiger partial charge in [0, 0.05) is 12.1 Å². The first-order valence-electron chi connectivity index (χ1n) is 8.11. The number of hydrogen-bond donors (Lipinski definition) is 1. The van der Waals surface area contributed by atoms with Gasteiger partial charge in [-0.25, -0.2) is 0 Å². The molecule has 1 atom stereocenters. The number of carbonyl (C=O) groups excluding carboxylic acids is 3. The molecule has 1 aliphatic heterocycles. The molecule has 2 aromatic carbocycles. The van der Waals surface area contributed by atoms with Gasteiger partial charge in [0.05, 0.1) is 28.3 Å². The molecule has 140 valence electrons. The zero-order chi connectivity index (χ0) is 19.7. The lowest BCUT2D eigenvalue weighted by atomic mass is 10.1. The van der Waals surface area contributed by atoms with E-state index in [9.17, 15) is 14.4 Å². The van der Waals surface area contributed by atoms with Gasteiger partial charge in [0.2, 0.25) is 5.91 Å². The van der Waals surface area contributed by atoms with Gasteiger partial charge in [0.25, 0.3) is 11.8 Å². The fraction of sp³-hybridized carbons (Fsp3) is 0.211. The smallest absolute Gasteiger partial charge is 0.262 e. The second kappa shape index (κ2) is 7.58. The highest BCUT2D eigenvalue weighted by Gasteiger charge is 2.41. The Morgan fingerprint density at radius 2 is 1.67 bits per heavy atom. The predicted octanol–water partition coefficient (Wildman–Crippen LogP) is 3.30. The fourth-order valence-electron chi connectivity index (χ4n) is 2.90. The molecule has 27 heavy (non-hydrogen) atoms. The summed E-state index contributed by atoms with van der Waals surface area (Å²) in [5, 5.41) is 3.07. The Labute approximate surface area is 166 Å². The number of imide groups is 1. The van der Waals surface area contributed by atoms with E-state index < -0.39 is 23.8 Å². The maximum absolute atomic E-state index is 12.6. The van der Waals surface area contributed by atoms with Crippen LogP contribution in [-0.4, -0.2) is 35.8 Å². The number of methoxy groups -OCH3 is 1. The van der Waals surface area contributed by atoms with Crippen molar-refractivity contribution >= 4 is 40.9 Å². The second-order valence-electron chi connectivity index (χ2n) is 6.00. The molecule has 0 saturated carbocycles. The number of benzene rings is 2. The molecule has 8 heteroatoms. The summed E-state index contributed by atoms with van der Waals surface area (Å²) in [6.45, 7) is 1.69. The van der Waals surface area contributed by atoms with E-state index in [1.165, 1.54) is 19.1 Å². The molecule has 6 nitrogen and oxygen atoms in total. The van der Waals surface area contributed by atoms with Crippen LogP contribution < -0.4 is 10.1 Å². The number of nitrogens with one attached hydrogen (secondary N) is 1. The van der Waals surface area contributed by atoms with Gasteiger partial charge in [-0.2, -0.15) is 0 Å². The number of halogens is 2. The first kappa shape index (κ1) is 19.2. The molecule has 0 radical (unpaired) electrons.